The first-order valence-electron chi connectivity index (χ1n) is 11.8. The van der Waals surface area contributed by atoms with Gasteiger partial charge in [-0.2, -0.15) is 0 Å². The van der Waals surface area contributed by atoms with Crippen molar-refractivity contribution in [1.29, 1.82) is 0 Å². The van der Waals surface area contributed by atoms with Crippen molar-refractivity contribution in [3.63, 3.8) is 0 Å². The molecule has 3 aromatic carbocycles. The zero-order valence-corrected chi connectivity index (χ0v) is 21.7. The Labute approximate surface area is 214 Å². The van der Waals surface area contributed by atoms with Crippen molar-refractivity contribution in [1.82, 2.24) is 10.2 Å². The summed E-state index contributed by atoms with van der Waals surface area (Å²) >= 11 is 3.55. The quantitative estimate of drug-likeness (QED) is 0.455. The van der Waals surface area contributed by atoms with E-state index in [2.05, 4.69) is 27.3 Å². The maximum atomic E-state index is 14.1. The summed E-state index contributed by atoms with van der Waals surface area (Å²) < 4.78 is 0.966. The lowest BCUT2D eigenvalue weighted by atomic mass is 9.72. The van der Waals surface area contributed by atoms with Crippen LogP contribution in [0, 0.1) is 0 Å². The van der Waals surface area contributed by atoms with Gasteiger partial charge in [0.05, 0.1) is 11.1 Å². The van der Waals surface area contributed by atoms with Crippen LogP contribution < -0.4 is 5.32 Å². The van der Waals surface area contributed by atoms with E-state index in [4.69, 9.17) is 4.99 Å². The van der Waals surface area contributed by atoms with Gasteiger partial charge in [0.25, 0.3) is 5.91 Å². The molecule has 0 radical (unpaired) electrons. The molecule has 0 fully saturated rings. The van der Waals surface area contributed by atoms with Crippen LogP contribution in [-0.4, -0.2) is 35.0 Å². The van der Waals surface area contributed by atoms with Gasteiger partial charge in [0.1, 0.15) is 6.04 Å². The van der Waals surface area contributed by atoms with Gasteiger partial charge in [0.15, 0.2) is 0 Å². The second kappa shape index (κ2) is 8.76. The van der Waals surface area contributed by atoms with E-state index in [9.17, 15) is 9.59 Å². The zero-order valence-electron chi connectivity index (χ0n) is 20.1. The van der Waals surface area contributed by atoms with Crippen LogP contribution >= 0.6 is 15.9 Å². The number of halogens is 1. The zero-order chi connectivity index (χ0) is 24.8. The van der Waals surface area contributed by atoms with Crippen molar-refractivity contribution in [3.8, 4) is 0 Å². The van der Waals surface area contributed by atoms with Crippen LogP contribution in [0.5, 0.6) is 0 Å². The Morgan fingerprint density at radius 1 is 1.03 bits per heavy atom. The highest BCUT2D eigenvalue weighted by molar-refractivity contribution is 9.10. The molecule has 3 aromatic rings. The predicted molar refractivity (Wildman–Crippen MR) is 142 cm³/mol. The van der Waals surface area contributed by atoms with Gasteiger partial charge in [0.2, 0.25) is 5.91 Å². The summed E-state index contributed by atoms with van der Waals surface area (Å²) in [5, 5.41) is 3.10. The van der Waals surface area contributed by atoms with Gasteiger partial charge in [-0.3, -0.25) is 14.6 Å². The maximum Gasteiger partial charge on any atom is 0.255 e. The summed E-state index contributed by atoms with van der Waals surface area (Å²) in [6.07, 6.45) is 2.60. The summed E-state index contributed by atoms with van der Waals surface area (Å²) in [6, 6.07) is 22.7. The largest absolute Gasteiger partial charge is 0.349 e. The first-order valence-corrected chi connectivity index (χ1v) is 12.6. The van der Waals surface area contributed by atoms with Crippen LogP contribution in [0.3, 0.4) is 0 Å². The fourth-order valence-electron chi connectivity index (χ4n) is 5.19. The molecule has 0 saturated heterocycles. The molecule has 5 rings (SSSR count). The summed E-state index contributed by atoms with van der Waals surface area (Å²) in [5.74, 6) is -0.329. The molecule has 2 amide bonds. The van der Waals surface area contributed by atoms with Crippen LogP contribution in [0.2, 0.25) is 0 Å². The Bertz CT molecular complexity index is 1330. The summed E-state index contributed by atoms with van der Waals surface area (Å²) in [7, 11) is 0. The molecule has 1 spiro atoms. The van der Waals surface area contributed by atoms with Crippen molar-refractivity contribution in [3.05, 3.63) is 99.5 Å². The number of amides is 2. The molecular weight excluding hydrogens is 502 g/mol. The average molecular weight is 530 g/mol. The summed E-state index contributed by atoms with van der Waals surface area (Å²) in [5.41, 5.74) is 3.36. The fraction of sp³-hybridized carbons (Fsp3) is 0.276. The molecule has 1 N–H and O–H groups in total. The van der Waals surface area contributed by atoms with E-state index in [1.54, 1.807) is 4.90 Å². The molecule has 2 atom stereocenters. The summed E-state index contributed by atoms with van der Waals surface area (Å²) in [4.78, 5) is 34.2. The smallest absolute Gasteiger partial charge is 0.255 e. The number of rotatable bonds is 3. The van der Waals surface area contributed by atoms with Gasteiger partial charge >= 0.3 is 0 Å². The number of benzene rings is 3. The van der Waals surface area contributed by atoms with E-state index in [1.807, 2.05) is 93.7 Å². The Morgan fingerprint density at radius 2 is 1.74 bits per heavy atom. The lowest BCUT2D eigenvalue weighted by Gasteiger charge is -2.33. The Kier molecular flexibility index (Phi) is 5.88. The Morgan fingerprint density at radius 3 is 2.49 bits per heavy atom. The number of carbonyl (C=O) groups is 2. The fourth-order valence-corrected chi connectivity index (χ4v) is 5.54. The predicted octanol–water partition coefficient (Wildman–Crippen LogP) is 5.95. The molecule has 2 heterocycles. The lowest BCUT2D eigenvalue weighted by molar-refractivity contribution is -0.127. The van der Waals surface area contributed by atoms with E-state index in [1.165, 1.54) is 0 Å². The third-order valence-electron chi connectivity index (χ3n) is 6.68. The van der Waals surface area contributed by atoms with E-state index in [-0.39, 0.29) is 11.8 Å². The van der Waals surface area contributed by atoms with Gasteiger partial charge in [0, 0.05) is 28.3 Å². The van der Waals surface area contributed by atoms with Gasteiger partial charge in [-0.05, 0) is 62.1 Å². The second-order valence-corrected chi connectivity index (χ2v) is 11.2. The second-order valence-electron chi connectivity index (χ2n) is 10.2. The van der Waals surface area contributed by atoms with Crippen molar-refractivity contribution in [2.45, 2.75) is 44.2 Å². The molecule has 6 heteroatoms. The average Bonchev–Trinajstić information content (AvgIpc) is 3.13. The van der Waals surface area contributed by atoms with Crippen molar-refractivity contribution in [2.75, 3.05) is 6.54 Å². The van der Waals surface area contributed by atoms with Crippen LogP contribution in [0.25, 0.3) is 0 Å². The topological polar surface area (TPSA) is 61.8 Å². The summed E-state index contributed by atoms with van der Waals surface area (Å²) in [6.45, 7) is 6.26. The minimum absolute atomic E-state index is 0.144. The molecule has 0 bridgehead atoms. The van der Waals surface area contributed by atoms with Gasteiger partial charge in [-0.25, -0.2) is 0 Å². The molecule has 0 saturated carbocycles. The van der Waals surface area contributed by atoms with Crippen LogP contribution in [-0.2, 0) is 10.2 Å². The Hall–Kier alpha value is -3.25. The molecule has 35 heavy (non-hydrogen) atoms. The minimum atomic E-state index is -0.742. The first kappa shape index (κ1) is 23.5. The lowest BCUT2D eigenvalue weighted by Crippen LogP contribution is -2.49. The monoisotopic (exact) mass is 529 g/mol. The van der Waals surface area contributed by atoms with Crippen molar-refractivity contribution >= 4 is 39.6 Å². The highest BCUT2D eigenvalue weighted by Crippen LogP contribution is 2.48. The minimum Gasteiger partial charge on any atom is -0.349 e. The number of nitrogens with one attached hydrogen (secondary N) is 1. The van der Waals surface area contributed by atoms with E-state index >= 15 is 0 Å². The number of hydrogen-bond acceptors (Lipinski definition) is 3. The van der Waals surface area contributed by atoms with Crippen molar-refractivity contribution < 1.29 is 9.59 Å². The molecule has 0 aromatic heterocycles. The van der Waals surface area contributed by atoms with Crippen LogP contribution in [0.4, 0.5) is 5.69 Å². The van der Waals surface area contributed by atoms with Gasteiger partial charge in [-0.1, -0.05) is 70.5 Å². The maximum absolute atomic E-state index is 14.1. The highest BCUT2D eigenvalue weighted by Gasteiger charge is 2.46. The highest BCUT2D eigenvalue weighted by atomic mass is 79.9. The van der Waals surface area contributed by atoms with Gasteiger partial charge < -0.3 is 10.2 Å². The van der Waals surface area contributed by atoms with E-state index in [0.717, 1.165) is 26.9 Å². The normalized spacial score (nSPS) is 19.8. The number of carbonyl (C=O) groups excluding carboxylic acids is 2. The molecule has 2 aliphatic heterocycles. The van der Waals surface area contributed by atoms with Crippen LogP contribution in [0.15, 0.2) is 82.3 Å². The molecule has 5 nitrogen and oxygen atoms in total. The molecular formula is C29H28BrN3O2. The van der Waals surface area contributed by atoms with Crippen molar-refractivity contribution in [2.24, 2.45) is 4.99 Å². The van der Waals surface area contributed by atoms with Crippen LogP contribution in [0.1, 0.15) is 60.3 Å². The number of fused-ring (bicyclic) bond motifs is 4. The Balaban J connectivity index is 1.64. The van der Waals surface area contributed by atoms with Gasteiger partial charge in [-0.15, -0.1) is 0 Å². The van der Waals surface area contributed by atoms with E-state index in [0.29, 0.717) is 18.5 Å². The number of aliphatic imine (C=N–C) groups is 1. The van der Waals surface area contributed by atoms with E-state index < -0.39 is 17.0 Å². The standard InChI is InChI=1S/C29H28BrN3O2/c1-28(2,3)32-26(34)25(19-9-5-4-6-10-19)33-16-15-29(22-12-8-7-11-21(22)27(33)35)18-31-24-17-20(30)13-14-23(24)29/h4-14,17-18,25H,15-16H2,1-3H3,(H,32,34). The molecule has 0 aliphatic carbocycles. The molecule has 2 unspecified atom stereocenters. The third kappa shape index (κ3) is 4.20. The third-order valence-corrected chi connectivity index (χ3v) is 7.18. The SMILES string of the molecule is CC(C)(C)NC(=O)C(c1ccccc1)N1CCC2(C=Nc3cc(Br)ccc32)c2ccccc2C1=O. The molecule has 2 aliphatic rings. The number of nitrogens with zero attached hydrogens (tertiary/aromatic N) is 2. The molecule has 178 valence electrons. The number of hydrogen-bond donors (Lipinski definition) is 1. The first-order chi connectivity index (χ1) is 16.7.